The minimum absolute atomic E-state index is 0.150. The molecule has 1 amide bonds. The van der Waals surface area contributed by atoms with Crippen molar-refractivity contribution in [3.8, 4) is 0 Å². The number of carbonyl (C=O) groups is 2. The SMILES string of the molecule is CC(=O)Nc1ccn(CC/C(=C\F)COC(=O)c2ccccc2)c(=O)n1. The van der Waals surface area contributed by atoms with E-state index >= 15 is 0 Å². The van der Waals surface area contributed by atoms with Gasteiger partial charge in [0.05, 0.1) is 11.9 Å². The lowest BCUT2D eigenvalue weighted by Gasteiger charge is -2.09. The van der Waals surface area contributed by atoms with Gasteiger partial charge in [0.25, 0.3) is 0 Å². The van der Waals surface area contributed by atoms with Gasteiger partial charge in [-0.1, -0.05) is 18.2 Å². The summed E-state index contributed by atoms with van der Waals surface area (Å²) in [6.45, 7) is 1.25. The second-order valence-electron chi connectivity index (χ2n) is 5.43. The maximum absolute atomic E-state index is 13.0. The molecule has 2 aromatic rings. The zero-order valence-electron chi connectivity index (χ0n) is 14.1. The van der Waals surface area contributed by atoms with Crippen LogP contribution in [-0.4, -0.2) is 28.0 Å². The topological polar surface area (TPSA) is 90.3 Å². The van der Waals surface area contributed by atoms with Crippen molar-refractivity contribution < 1.29 is 18.7 Å². The average Bonchev–Trinajstić information content (AvgIpc) is 2.63. The molecule has 7 nitrogen and oxygen atoms in total. The molecule has 0 atom stereocenters. The summed E-state index contributed by atoms with van der Waals surface area (Å²) >= 11 is 0. The maximum Gasteiger partial charge on any atom is 0.349 e. The lowest BCUT2D eigenvalue weighted by molar-refractivity contribution is -0.114. The van der Waals surface area contributed by atoms with Gasteiger partial charge < -0.3 is 10.1 Å². The van der Waals surface area contributed by atoms with Crippen LogP contribution in [0.4, 0.5) is 10.2 Å². The van der Waals surface area contributed by atoms with Gasteiger partial charge in [-0.25, -0.2) is 14.0 Å². The van der Waals surface area contributed by atoms with Crippen molar-refractivity contribution in [2.75, 3.05) is 11.9 Å². The van der Waals surface area contributed by atoms with Crippen LogP contribution in [0.1, 0.15) is 23.7 Å². The molecular formula is C18H18FN3O4. The second-order valence-corrected chi connectivity index (χ2v) is 5.43. The van der Waals surface area contributed by atoms with Gasteiger partial charge in [0.1, 0.15) is 12.4 Å². The van der Waals surface area contributed by atoms with Crippen LogP contribution in [0.3, 0.4) is 0 Å². The highest BCUT2D eigenvalue weighted by Crippen LogP contribution is 2.08. The van der Waals surface area contributed by atoms with E-state index in [0.29, 0.717) is 11.9 Å². The molecule has 2 rings (SSSR count). The van der Waals surface area contributed by atoms with Crippen LogP contribution < -0.4 is 11.0 Å². The predicted octanol–water partition coefficient (Wildman–Crippen LogP) is 2.30. The fourth-order valence-corrected chi connectivity index (χ4v) is 2.09. The van der Waals surface area contributed by atoms with Gasteiger partial charge in [0.15, 0.2) is 0 Å². The standard InChI is InChI=1S/C18H18FN3O4/c1-13(23)20-16-8-10-22(18(25)21-16)9-7-14(11-19)12-26-17(24)15-5-3-2-4-6-15/h2-6,8,10-11H,7,9,12H2,1H3,(H,20,21,23,25)/b14-11+. The average molecular weight is 359 g/mol. The largest absolute Gasteiger partial charge is 0.457 e. The number of esters is 1. The first-order chi connectivity index (χ1) is 12.5. The first kappa shape index (κ1) is 19.0. The molecular weight excluding hydrogens is 341 g/mol. The Kier molecular flexibility index (Phi) is 6.78. The van der Waals surface area contributed by atoms with E-state index in [1.165, 1.54) is 23.8 Å². The number of nitrogens with one attached hydrogen (secondary N) is 1. The van der Waals surface area contributed by atoms with E-state index in [1.54, 1.807) is 30.3 Å². The summed E-state index contributed by atoms with van der Waals surface area (Å²) in [7, 11) is 0. The van der Waals surface area contributed by atoms with E-state index in [9.17, 15) is 18.8 Å². The number of aryl methyl sites for hydroxylation is 1. The summed E-state index contributed by atoms with van der Waals surface area (Å²) in [6, 6.07) is 9.84. The van der Waals surface area contributed by atoms with Crippen molar-refractivity contribution in [3.63, 3.8) is 0 Å². The number of halogens is 1. The summed E-state index contributed by atoms with van der Waals surface area (Å²) < 4.78 is 19.4. The Morgan fingerprint density at radius 1 is 1.27 bits per heavy atom. The normalized spacial score (nSPS) is 11.1. The lowest BCUT2D eigenvalue weighted by Crippen LogP contribution is -2.24. The number of rotatable bonds is 7. The molecule has 0 saturated heterocycles. The van der Waals surface area contributed by atoms with Gasteiger partial charge in [-0.15, -0.1) is 0 Å². The molecule has 0 aliphatic carbocycles. The highest BCUT2D eigenvalue weighted by Gasteiger charge is 2.09. The van der Waals surface area contributed by atoms with E-state index < -0.39 is 11.7 Å². The number of hydrogen-bond acceptors (Lipinski definition) is 5. The molecule has 1 aromatic carbocycles. The zero-order valence-corrected chi connectivity index (χ0v) is 14.1. The summed E-state index contributed by atoms with van der Waals surface area (Å²) in [4.78, 5) is 38.4. The number of carbonyl (C=O) groups excluding carboxylic acids is 2. The molecule has 0 radical (unpaired) electrons. The Morgan fingerprint density at radius 2 is 2.00 bits per heavy atom. The Labute approximate surface area is 149 Å². The second kappa shape index (κ2) is 9.26. The Balaban J connectivity index is 1.90. The zero-order chi connectivity index (χ0) is 18.9. The molecule has 0 spiro atoms. The third kappa shape index (κ3) is 5.66. The fourth-order valence-electron chi connectivity index (χ4n) is 2.09. The first-order valence-corrected chi connectivity index (χ1v) is 7.85. The van der Waals surface area contributed by atoms with Crippen LogP contribution in [0.2, 0.25) is 0 Å². The van der Waals surface area contributed by atoms with E-state index in [0.717, 1.165) is 0 Å². The third-order valence-corrected chi connectivity index (χ3v) is 3.40. The van der Waals surface area contributed by atoms with E-state index in [1.807, 2.05) is 0 Å². The summed E-state index contributed by atoms with van der Waals surface area (Å²) in [5.74, 6) is -0.738. The fraction of sp³-hybridized carbons (Fsp3) is 0.222. The van der Waals surface area contributed by atoms with Crippen molar-refractivity contribution in [2.45, 2.75) is 19.9 Å². The van der Waals surface area contributed by atoms with Crippen LogP contribution in [0.5, 0.6) is 0 Å². The van der Waals surface area contributed by atoms with Crippen molar-refractivity contribution in [1.29, 1.82) is 0 Å². The van der Waals surface area contributed by atoms with E-state index in [-0.39, 0.29) is 36.9 Å². The third-order valence-electron chi connectivity index (χ3n) is 3.40. The van der Waals surface area contributed by atoms with Gasteiger partial charge in [-0.2, -0.15) is 4.98 Å². The maximum atomic E-state index is 13.0. The monoisotopic (exact) mass is 359 g/mol. The van der Waals surface area contributed by atoms with Crippen LogP contribution in [0.15, 0.2) is 59.3 Å². The Bertz CT molecular complexity index is 862. The van der Waals surface area contributed by atoms with Crippen molar-refractivity contribution >= 4 is 17.7 Å². The number of anilines is 1. The van der Waals surface area contributed by atoms with Crippen molar-refractivity contribution in [1.82, 2.24) is 9.55 Å². The first-order valence-electron chi connectivity index (χ1n) is 7.85. The lowest BCUT2D eigenvalue weighted by atomic mass is 10.2. The van der Waals surface area contributed by atoms with Crippen molar-refractivity contribution in [3.05, 3.63) is 70.5 Å². The highest BCUT2D eigenvalue weighted by atomic mass is 19.1. The molecule has 8 heteroatoms. The van der Waals surface area contributed by atoms with Crippen LogP contribution in [0, 0.1) is 0 Å². The molecule has 0 bridgehead atoms. The predicted molar refractivity (Wildman–Crippen MR) is 93.3 cm³/mol. The minimum atomic E-state index is -0.573. The van der Waals surface area contributed by atoms with Crippen LogP contribution >= 0.6 is 0 Å². The number of hydrogen-bond donors (Lipinski definition) is 1. The number of amides is 1. The molecule has 1 aromatic heterocycles. The van der Waals surface area contributed by atoms with Gasteiger partial charge in [0.2, 0.25) is 5.91 Å². The molecule has 0 fully saturated rings. The van der Waals surface area contributed by atoms with Crippen molar-refractivity contribution in [2.24, 2.45) is 0 Å². The van der Waals surface area contributed by atoms with E-state index in [2.05, 4.69) is 10.3 Å². The molecule has 0 saturated carbocycles. The molecule has 26 heavy (non-hydrogen) atoms. The van der Waals surface area contributed by atoms with E-state index in [4.69, 9.17) is 4.74 Å². The van der Waals surface area contributed by atoms with Gasteiger partial charge in [-0.3, -0.25) is 9.36 Å². The molecule has 0 aliphatic heterocycles. The van der Waals surface area contributed by atoms with Gasteiger partial charge in [-0.05, 0) is 30.2 Å². The van der Waals surface area contributed by atoms with Crippen LogP contribution in [0.25, 0.3) is 0 Å². The molecule has 136 valence electrons. The molecule has 1 heterocycles. The Hall–Kier alpha value is -3.29. The number of nitrogens with zero attached hydrogens (tertiary/aromatic N) is 2. The molecule has 0 aliphatic rings. The summed E-state index contributed by atoms with van der Waals surface area (Å²) in [5, 5.41) is 2.40. The summed E-state index contributed by atoms with van der Waals surface area (Å²) in [6.07, 6.45) is 1.98. The molecule has 0 unspecified atom stereocenters. The minimum Gasteiger partial charge on any atom is -0.457 e. The smallest absolute Gasteiger partial charge is 0.349 e. The van der Waals surface area contributed by atoms with Gasteiger partial charge >= 0.3 is 11.7 Å². The molecule has 1 N–H and O–H groups in total. The number of aromatic nitrogens is 2. The van der Waals surface area contributed by atoms with Crippen LogP contribution in [-0.2, 0) is 16.1 Å². The number of benzene rings is 1. The highest BCUT2D eigenvalue weighted by molar-refractivity contribution is 5.89. The number of ether oxygens (including phenoxy) is 1. The summed E-state index contributed by atoms with van der Waals surface area (Å²) in [5.41, 5.74) is 0.0301. The van der Waals surface area contributed by atoms with Gasteiger partial charge in [0, 0.05) is 19.7 Å². The quantitative estimate of drug-likeness (QED) is 0.766. The Morgan fingerprint density at radius 3 is 2.62 bits per heavy atom.